The van der Waals surface area contributed by atoms with Crippen LogP contribution in [0.5, 0.6) is 28.7 Å². The second kappa shape index (κ2) is 8.92. The molecule has 6 rings (SSSR count). The van der Waals surface area contributed by atoms with Crippen LogP contribution in [0.4, 0.5) is 5.69 Å². The summed E-state index contributed by atoms with van der Waals surface area (Å²) in [5.41, 5.74) is 4.02. The molecule has 0 saturated heterocycles. The molecule has 0 fully saturated rings. The van der Waals surface area contributed by atoms with Gasteiger partial charge in [-0.2, -0.15) is 5.10 Å². The first-order chi connectivity index (χ1) is 18.0. The molecule has 9 nitrogen and oxygen atoms in total. The molecule has 3 atom stereocenters. The Hall–Kier alpha value is -4.40. The first-order valence-corrected chi connectivity index (χ1v) is 11.9. The van der Waals surface area contributed by atoms with Gasteiger partial charge in [0.15, 0.2) is 23.0 Å². The Labute approximate surface area is 213 Å². The summed E-state index contributed by atoms with van der Waals surface area (Å²) in [5.74, 6) is -0.0446. The number of fused-ring (bicyclic) bond motifs is 4. The van der Waals surface area contributed by atoms with Crippen LogP contribution in [-0.4, -0.2) is 51.5 Å². The van der Waals surface area contributed by atoms with Gasteiger partial charge < -0.3 is 28.8 Å². The highest BCUT2D eigenvalue weighted by Crippen LogP contribution is 2.52. The molecular formula is C28H26N2O7. The van der Waals surface area contributed by atoms with Crippen LogP contribution in [0.1, 0.15) is 22.6 Å². The van der Waals surface area contributed by atoms with Gasteiger partial charge in [-0.25, -0.2) is 0 Å². The normalized spacial score (nSPS) is 21.1. The molecule has 0 saturated carbocycles. The van der Waals surface area contributed by atoms with Gasteiger partial charge in [-0.3, -0.25) is 9.80 Å². The Morgan fingerprint density at radius 2 is 1.65 bits per heavy atom. The van der Waals surface area contributed by atoms with Crippen molar-refractivity contribution in [2.75, 3.05) is 39.7 Å². The second-order valence-corrected chi connectivity index (χ2v) is 9.10. The smallest absolute Gasteiger partial charge is 0.308 e. The number of nitrogens with zero attached hydrogens (tertiary/aromatic N) is 2. The van der Waals surface area contributed by atoms with E-state index in [1.54, 1.807) is 14.2 Å². The number of carboxylic acids is 1. The molecule has 3 aromatic rings. The van der Waals surface area contributed by atoms with E-state index in [1.807, 2.05) is 59.6 Å². The number of benzene rings is 3. The van der Waals surface area contributed by atoms with Crippen LogP contribution in [0.25, 0.3) is 0 Å². The molecule has 37 heavy (non-hydrogen) atoms. The topological polar surface area (TPSA) is 99.1 Å². The van der Waals surface area contributed by atoms with Gasteiger partial charge in [0.25, 0.3) is 0 Å². The lowest BCUT2D eigenvalue weighted by Crippen LogP contribution is -2.41. The highest BCUT2D eigenvalue weighted by atomic mass is 16.7. The van der Waals surface area contributed by atoms with Crippen LogP contribution in [0.2, 0.25) is 0 Å². The third-order valence-electron chi connectivity index (χ3n) is 7.28. The minimum Gasteiger partial charge on any atom is -0.493 e. The van der Waals surface area contributed by atoms with Gasteiger partial charge in [0.05, 0.1) is 45.2 Å². The Morgan fingerprint density at radius 1 is 0.973 bits per heavy atom. The molecule has 3 aromatic carbocycles. The Kier molecular flexibility index (Phi) is 5.55. The number of methoxy groups -OCH3 is 3. The van der Waals surface area contributed by atoms with Crippen molar-refractivity contribution in [1.29, 1.82) is 0 Å². The van der Waals surface area contributed by atoms with Crippen molar-refractivity contribution in [3.8, 4) is 28.7 Å². The van der Waals surface area contributed by atoms with Crippen molar-refractivity contribution in [2.24, 2.45) is 16.9 Å². The number of rotatable bonds is 6. The van der Waals surface area contributed by atoms with Gasteiger partial charge in [0.1, 0.15) is 0 Å². The van der Waals surface area contributed by atoms with Crippen molar-refractivity contribution in [1.82, 2.24) is 0 Å². The maximum Gasteiger partial charge on any atom is 0.308 e. The predicted octanol–water partition coefficient (Wildman–Crippen LogP) is 4.13. The zero-order valence-corrected chi connectivity index (χ0v) is 20.6. The number of hydrogen-bond acceptors (Lipinski definition) is 8. The SMILES string of the molecule is COc1cc([C@@H]2c3cc4c(cc3C3=NN(c5ccccc5)C[C@@H]3[C@@H]2C(=O)O)OCO4)cc(OC)c1OC. The van der Waals surface area contributed by atoms with Gasteiger partial charge in [-0.1, -0.05) is 18.2 Å². The minimum atomic E-state index is -0.908. The third-order valence-corrected chi connectivity index (χ3v) is 7.28. The van der Waals surface area contributed by atoms with E-state index in [4.69, 9.17) is 28.8 Å². The molecule has 2 aliphatic heterocycles. The largest absolute Gasteiger partial charge is 0.493 e. The monoisotopic (exact) mass is 502 g/mol. The Balaban J connectivity index is 1.57. The van der Waals surface area contributed by atoms with Crippen LogP contribution in [0.3, 0.4) is 0 Å². The molecule has 1 aliphatic carbocycles. The molecule has 9 heteroatoms. The molecule has 2 heterocycles. The molecule has 0 radical (unpaired) electrons. The number of anilines is 1. The summed E-state index contributed by atoms with van der Waals surface area (Å²) in [4.78, 5) is 13.0. The number of carbonyl (C=O) groups is 1. The van der Waals surface area contributed by atoms with E-state index < -0.39 is 17.8 Å². The number of hydrogen-bond donors (Lipinski definition) is 1. The summed E-state index contributed by atoms with van der Waals surface area (Å²) in [6.07, 6.45) is 0. The van der Waals surface area contributed by atoms with E-state index in [1.165, 1.54) is 7.11 Å². The molecular weight excluding hydrogens is 476 g/mol. The first kappa shape index (κ1) is 23.0. The van der Waals surface area contributed by atoms with Gasteiger partial charge >= 0.3 is 5.97 Å². The van der Waals surface area contributed by atoms with Crippen molar-refractivity contribution < 1.29 is 33.6 Å². The van der Waals surface area contributed by atoms with E-state index in [0.717, 1.165) is 28.1 Å². The molecule has 190 valence electrons. The van der Waals surface area contributed by atoms with Crippen LogP contribution < -0.4 is 28.7 Å². The average Bonchev–Trinajstić information content (AvgIpc) is 3.57. The van der Waals surface area contributed by atoms with Crippen LogP contribution >= 0.6 is 0 Å². The molecule has 0 unspecified atom stereocenters. The predicted molar refractivity (Wildman–Crippen MR) is 135 cm³/mol. The average molecular weight is 503 g/mol. The minimum absolute atomic E-state index is 0.113. The van der Waals surface area contributed by atoms with Crippen molar-refractivity contribution in [2.45, 2.75) is 5.92 Å². The first-order valence-electron chi connectivity index (χ1n) is 11.9. The zero-order valence-electron chi connectivity index (χ0n) is 20.6. The van der Waals surface area contributed by atoms with Gasteiger partial charge in [-0.15, -0.1) is 0 Å². The fraction of sp³-hybridized carbons (Fsp3) is 0.286. The molecule has 0 spiro atoms. The number of aliphatic carboxylic acids is 1. The molecule has 3 aliphatic rings. The second-order valence-electron chi connectivity index (χ2n) is 9.10. The third kappa shape index (κ3) is 3.61. The Bertz CT molecular complexity index is 1380. The standard InChI is InChI=1S/C28H26N2O7/c1-33-22-9-15(10-23(34-2)27(22)35-3)24-17-11-20-21(37-14-36-20)12-18(17)26-19(25(24)28(31)32)13-30(29-26)16-7-5-4-6-8-16/h4-12,19,24-25H,13-14H2,1-3H3,(H,31,32)/t19-,24-,25+/m1/s1. The fourth-order valence-corrected chi connectivity index (χ4v) is 5.66. The van der Waals surface area contributed by atoms with Crippen molar-refractivity contribution >= 4 is 17.4 Å². The highest BCUT2D eigenvalue weighted by molar-refractivity contribution is 6.09. The lowest BCUT2D eigenvalue weighted by molar-refractivity contribution is -0.143. The summed E-state index contributed by atoms with van der Waals surface area (Å²) in [6.45, 7) is 0.548. The number of hydrazone groups is 1. The summed E-state index contributed by atoms with van der Waals surface area (Å²) in [6, 6.07) is 17.2. The molecule has 0 amide bonds. The number of ether oxygens (including phenoxy) is 5. The van der Waals surface area contributed by atoms with Crippen LogP contribution in [0, 0.1) is 11.8 Å². The maximum atomic E-state index is 13.0. The molecule has 0 aromatic heterocycles. The van der Waals surface area contributed by atoms with E-state index in [-0.39, 0.29) is 12.7 Å². The van der Waals surface area contributed by atoms with E-state index in [2.05, 4.69) is 0 Å². The van der Waals surface area contributed by atoms with E-state index >= 15 is 0 Å². The Morgan fingerprint density at radius 3 is 2.27 bits per heavy atom. The van der Waals surface area contributed by atoms with Crippen molar-refractivity contribution in [3.05, 3.63) is 71.3 Å². The fourth-order valence-electron chi connectivity index (χ4n) is 5.66. The summed E-state index contributed by atoms with van der Waals surface area (Å²) in [5, 5.41) is 17.4. The van der Waals surface area contributed by atoms with Gasteiger partial charge in [0.2, 0.25) is 12.5 Å². The van der Waals surface area contributed by atoms with E-state index in [9.17, 15) is 9.90 Å². The summed E-state index contributed by atoms with van der Waals surface area (Å²) >= 11 is 0. The highest BCUT2D eigenvalue weighted by Gasteiger charge is 2.50. The number of para-hydroxylation sites is 1. The lowest BCUT2D eigenvalue weighted by atomic mass is 9.65. The lowest BCUT2D eigenvalue weighted by Gasteiger charge is -2.36. The van der Waals surface area contributed by atoms with Crippen LogP contribution in [0.15, 0.2) is 59.7 Å². The number of carboxylic acid groups (broad SMARTS) is 1. The van der Waals surface area contributed by atoms with E-state index in [0.29, 0.717) is 35.3 Å². The van der Waals surface area contributed by atoms with Gasteiger partial charge in [0, 0.05) is 17.4 Å². The van der Waals surface area contributed by atoms with Crippen molar-refractivity contribution in [3.63, 3.8) is 0 Å². The molecule has 1 N–H and O–H groups in total. The summed E-state index contributed by atoms with van der Waals surface area (Å²) < 4.78 is 28.1. The zero-order chi connectivity index (χ0) is 25.7. The summed E-state index contributed by atoms with van der Waals surface area (Å²) in [7, 11) is 4.63. The maximum absolute atomic E-state index is 13.0. The quantitative estimate of drug-likeness (QED) is 0.537. The van der Waals surface area contributed by atoms with Gasteiger partial charge in [-0.05, 0) is 47.5 Å². The van der Waals surface area contributed by atoms with Crippen LogP contribution in [-0.2, 0) is 4.79 Å². The molecule has 0 bridgehead atoms.